The van der Waals surface area contributed by atoms with Crippen molar-refractivity contribution in [3.05, 3.63) is 72.8 Å². The monoisotopic (exact) mass is 445 g/mol. The fraction of sp³-hybridized carbons (Fsp3) is 0.333. The fourth-order valence-electron chi connectivity index (χ4n) is 4.14. The van der Waals surface area contributed by atoms with Crippen LogP contribution in [0.15, 0.2) is 72.8 Å². The minimum Gasteiger partial charge on any atom is -0.493 e. The topological polar surface area (TPSA) is 61.9 Å². The van der Waals surface area contributed by atoms with E-state index in [1.165, 1.54) is 5.69 Å². The summed E-state index contributed by atoms with van der Waals surface area (Å²) >= 11 is 0. The lowest BCUT2D eigenvalue weighted by Crippen LogP contribution is -2.49. The van der Waals surface area contributed by atoms with Gasteiger partial charge in [0.05, 0.1) is 6.61 Å². The van der Waals surface area contributed by atoms with Crippen molar-refractivity contribution in [1.82, 2.24) is 10.2 Å². The van der Waals surface area contributed by atoms with Crippen molar-refractivity contribution in [3.63, 3.8) is 0 Å². The van der Waals surface area contributed by atoms with Crippen molar-refractivity contribution in [2.45, 2.75) is 19.3 Å². The van der Waals surface area contributed by atoms with Crippen molar-refractivity contribution in [3.8, 4) is 5.75 Å². The highest BCUT2D eigenvalue weighted by atomic mass is 16.5. The molecule has 6 nitrogen and oxygen atoms in total. The number of carbonyl (C=O) groups is 2. The zero-order valence-electron chi connectivity index (χ0n) is 18.9. The lowest BCUT2D eigenvalue weighted by molar-refractivity contribution is -0.131. The highest BCUT2D eigenvalue weighted by Gasteiger charge is 2.21. The smallest absolute Gasteiger partial charge is 0.224 e. The first kappa shape index (κ1) is 22.6. The number of nitrogens with one attached hydrogen (secondary N) is 1. The average molecular weight is 446 g/mol. The van der Waals surface area contributed by atoms with Crippen LogP contribution in [0.3, 0.4) is 0 Å². The van der Waals surface area contributed by atoms with Gasteiger partial charge in [-0.1, -0.05) is 54.6 Å². The van der Waals surface area contributed by atoms with Gasteiger partial charge in [-0.15, -0.1) is 0 Å². The molecule has 6 heteroatoms. The minimum absolute atomic E-state index is 0.0433. The number of nitrogens with zero attached hydrogens (tertiary/aromatic N) is 2. The molecule has 0 aliphatic carbocycles. The zero-order valence-corrected chi connectivity index (χ0v) is 18.9. The van der Waals surface area contributed by atoms with Crippen molar-refractivity contribution in [2.24, 2.45) is 0 Å². The summed E-state index contributed by atoms with van der Waals surface area (Å²) in [7, 11) is 0. The van der Waals surface area contributed by atoms with E-state index in [1.807, 2.05) is 53.4 Å². The summed E-state index contributed by atoms with van der Waals surface area (Å²) in [5, 5.41) is 5.08. The molecule has 172 valence electrons. The first-order chi connectivity index (χ1) is 16.2. The number of hydrogen-bond donors (Lipinski definition) is 1. The maximum Gasteiger partial charge on any atom is 0.224 e. The summed E-state index contributed by atoms with van der Waals surface area (Å²) in [6.07, 6.45) is 1.35. The number of ether oxygens (including phenoxy) is 1. The highest BCUT2D eigenvalue weighted by Crippen LogP contribution is 2.25. The lowest BCUT2D eigenvalue weighted by Gasteiger charge is -2.36. The third kappa shape index (κ3) is 6.25. The zero-order chi connectivity index (χ0) is 22.9. The van der Waals surface area contributed by atoms with Crippen LogP contribution in [0.5, 0.6) is 5.75 Å². The number of hydrogen-bond acceptors (Lipinski definition) is 4. The molecule has 0 unspecified atom stereocenters. The van der Waals surface area contributed by atoms with E-state index < -0.39 is 0 Å². The van der Waals surface area contributed by atoms with Crippen molar-refractivity contribution >= 4 is 28.3 Å². The van der Waals surface area contributed by atoms with E-state index in [9.17, 15) is 9.59 Å². The molecule has 1 N–H and O–H groups in total. The molecule has 0 spiro atoms. The number of fused-ring (bicyclic) bond motifs is 1. The summed E-state index contributed by atoms with van der Waals surface area (Å²) in [5.74, 6) is 0.895. The number of benzene rings is 3. The van der Waals surface area contributed by atoms with Gasteiger partial charge >= 0.3 is 0 Å². The molecule has 4 rings (SSSR count). The van der Waals surface area contributed by atoms with E-state index in [-0.39, 0.29) is 11.8 Å². The molecule has 33 heavy (non-hydrogen) atoms. The van der Waals surface area contributed by atoms with E-state index >= 15 is 0 Å². The van der Waals surface area contributed by atoms with Crippen molar-refractivity contribution in [2.75, 3.05) is 44.2 Å². The van der Waals surface area contributed by atoms with E-state index in [2.05, 4.69) is 34.5 Å². The molecule has 0 bridgehead atoms. The Morgan fingerprint density at radius 2 is 1.55 bits per heavy atom. The second kappa shape index (κ2) is 11.4. The van der Waals surface area contributed by atoms with Crippen LogP contribution in [0.2, 0.25) is 0 Å². The van der Waals surface area contributed by atoms with Crippen LogP contribution in [0.4, 0.5) is 5.69 Å². The molecule has 3 aromatic carbocycles. The van der Waals surface area contributed by atoms with Gasteiger partial charge in [0, 0.05) is 56.6 Å². The van der Waals surface area contributed by atoms with Gasteiger partial charge in [0.15, 0.2) is 0 Å². The molecule has 0 saturated carbocycles. The first-order valence-electron chi connectivity index (χ1n) is 11.7. The Bertz CT molecular complexity index is 1060. The number of carbonyl (C=O) groups excluding carboxylic acids is 2. The van der Waals surface area contributed by atoms with Crippen LogP contribution in [-0.2, 0) is 9.59 Å². The van der Waals surface area contributed by atoms with Gasteiger partial charge in [0.2, 0.25) is 11.8 Å². The van der Waals surface area contributed by atoms with Crippen LogP contribution in [-0.4, -0.2) is 56.0 Å². The summed E-state index contributed by atoms with van der Waals surface area (Å²) in [6.45, 7) is 3.95. The Balaban J connectivity index is 1.10. The third-order valence-electron chi connectivity index (χ3n) is 5.97. The fourth-order valence-corrected chi connectivity index (χ4v) is 4.14. The van der Waals surface area contributed by atoms with Gasteiger partial charge in [-0.2, -0.15) is 0 Å². The standard InChI is InChI=1S/C27H31N3O3/c31-26(14-7-21-33-25-13-6-9-22-8-4-5-12-24(22)25)28-16-15-27(32)30-19-17-29(18-20-30)23-10-2-1-3-11-23/h1-6,8-13H,7,14-21H2,(H,28,31). The second-order valence-electron chi connectivity index (χ2n) is 8.23. The van der Waals surface area contributed by atoms with Crippen molar-refractivity contribution in [1.29, 1.82) is 0 Å². The van der Waals surface area contributed by atoms with Crippen LogP contribution in [0.1, 0.15) is 19.3 Å². The van der Waals surface area contributed by atoms with Gasteiger partial charge in [0.25, 0.3) is 0 Å². The first-order valence-corrected chi connectivity index (χ1v) is 11.7. The van der Waals surface area contributed by atoms with E-state index in [4.69, 9.17) is 4.74 Å². The maximum atomic E-state index is 12.5. The summed E-state index contributed by atoms with van der Waals surface area (Å²) in [4.78, 5) is 28.8. The lowest BCUT2D eigenvalue weighted by atomic mass is 10.1. The molecule has 0 radical (unpaired) electrons. The molecular formula is C27H31N3O3. The van der Waals surface area contributed by atoms with E-state index in [0.717, 1.165) is 29.6 Å². The number of piperazine rings is 1. The van der Waals surface area contributed by atoms with E-state index in [1.54, 1.807) is 0 Å². The summed E-state index contributed by atoms with van der Waals surface area (Å²) < 4.78 is 5.89. The molecule has 1 saturated heterocycles. The predicted octanol–water partition coefficient (Wildman–Crippen LogP) is 3.85. The summed E-state index contributed by atoms with van der Waals surface area (Å²) in [6, 6.07) is 24.3. The second-order valence-corrected chi connectivity index (χ2v) is 8.23. The number of anilines is 1. The molecule has 1 aliphatic heterocycles. The summed E-state index contributed by atoms with van der Waals surface area (Å²) in [5.41, 5.74) is 1.20. The highest BCUT2D eigenvalue weighted by molar-refractivity contribution is 5.88. The van der Waals surface area contributed by atoms with Crippen LogP contribution >= 0.6 is 0 Å². The SMILES string of the molecule is O=C(CCCOc1cccc2ccccc12)NCCC(=O)N1CCN(c2ccccc2)CC1. The molecule has 0 atom stereocenters. The van der Waals surface area contributed by atoms with Gasteiger partial charge in [-0.3, -0.25) is 9.59 Å². The third-order valence-corrected chi connectivity index (χ3v) is 5.97. The maximum absolute atomic E-state index is 12.5. The molecule has 3 aromatic rings. The Kier molecular flexibility index (Phi) is 7.80. The molecule has 1 heterocycles. The Morgan fingerprint density at radius 1 is 0.818 bits per heavy atom. The number of para-hydroxylation sites is 1. The quantitative estimate of drug-likeness (QED) is 0.508. The van der Waals surface area contributed by atoms with Crippen LogP contribution in [0, 0.1) is 0 Å². The largest absolute Gasteiger partial charge is 0.493 e. The average Bonchev–Trinajstić information content (AvgIpc) is 2.87. The Labute approximate surface area is 195 Å². The van der Waals surface area contributed by atoms with Gasteiger partial charge in [-0.25, -0.2) is 0 Å². The molecule has 1 fully saturated rings. The predicted molar refractivity (Wildman–Crippen MR) is 132 cm³/mol. The Hall–Kier alpha value is -3.54. The van der Waals surface area contributed by atoms with Gasteiger partial charge < -0.3 is 19.9 Å². The number of amides is 2. The van der Waals surface area contributed by atoms with Gasteiger partial charge in [0.1, 0.15) is 5.75 Å². The van der Waals surface area contributed by atoms with Crippen LogP contribution < -0.4 is 15.0 Å². The molecule has 2 amide bonds. The van der Waals surface area contributed by atoms with E-state index in [0.29, 0.717) is 45.5 Å². The van der Waals surface area contributed by atoms with Crippen LogP contribution in [0.25, 0.3) is 10.8 Å². The minimum atomic E-state index is -0.0433. The molecule has 1 aliphatic rings. The van der Waals surface area contributed by atoms with Crippen molar-refractivity contribution < 1.29 is 14.3 Å². The molecule has 0 aromatic heterocycles. The van der Waals surface area contributed by atoms with Gasteiger partial charge in [-0.05, 0) is 30.0 Å². The Morgan fingerprint density at radius 3 is 2.36 bits per heavy atom. The normalized spacial score (nSPS) is 13.7. The molecular weight excluding hydrogens is 414 g/mol. The number of rotatable bonds is 9.